The molecule has 2 unspecified atom stereocenters. The summed E-state index contributed by atoms with van der Waals surface area (Å²) in [5.74, 6) is 0.181. The van der Waals surface area contributed by atoms with Crippen LogP contribution >= 0.6 is 0 Å². The van der Waals surface area contributed by atoms with Crippen LogP contribution in [-0.2, 0) is 4.79 Å². The van der Waals surface area contributed by atoms with Crippen LogP contribution in [0.1, 0.15) is 26.2 Å². The van der Waals surface area contributed by atoms with Crippen molar-refractivity contribution in [1.29, 1.82) is 0 Å². The Bertz CT molecular complexity index is 228. The molecule has 0 spiro atoms. The van der Waals surface area contributed by atoms with Gasteiger partial charge in [0.25, 0.3) is 0 Å². The first-order valence-corrected chi connectivity index (χ1v) is 5.40. The predicted molar refractivity (Wildman–Crippen MR) is 52.8 cm³/mol. The average Bonchev–Trinajstić information content (AvgIpc) is 2.94. The maximum atomic E-state index is 12.0. The molecule has 14 heavy (non-hydrogen) atoms. The van der Waals surface area contributed by atoms with Crippen molar-refractivity contribution in [2.24, 2.45) is 0 Å². The first-order valence-electron chi connectivity index (χ1n) is 5.40. The van der Waals surface area contributed by atoms with Crippen LogP contribution in [0.3, 0.4) is 0 Å². The smallest absolute Gasteiger partial charge is 0.240 e. The Kier molecular flexibility index (Phi) is 2.74. The predicted octanol–water partition coefficient (Wildman–Crippen LogP) is -0.280. The van der Waals surface area contributed by atoms with Gasteiger partial charge in [-0.1, -0.05) is 0 Å². The van der Waals surface area contributed by atoms with Gasteiger partial charge in [-0.15, -0.1) is 0 Å². The van der Waals surface area contributed by atoms with Gasteiger partial charge in [-0.25, -0.2) is 0 Å². The number of carbonyl (C=O) groups excluding carboxylic acids is 1. The summed E-state index contributed by atoms with van der Waals surface area (Å²) in [6.45, 7) is 3.02. The van der Waals surface area contributed by atoms with Gasteiger partial charge in [-0.2, -0.15) is 0 Å². The first kappa shape index (κ1) is 9.93. The molecule has 4 nitrogen and oxygen atoms in total. The molecule has 2 aliphatic rings. The van der Waals surface area contributed by atoms with E-state index in [-0.39, 0.29) is 18.6 Å². The van der Waals surface area contributed by atoms with Crippen LogP contribution in [0.5, 0.6) is 0 Å². The van der Waals surface area contributed by atoms with E-state index >= 15 is 0 Å². The lowest BCUT2D eigenvalue weighted by atomic mass is 10.1. The molecule has 80 valence electrons. The van der Waals surface area contributed by atoms with Crippen molar-refractivity contribution < 1.29 is 9.90 Å². The normalized spacial score (nSPS) is 33.6. The minimum absolute atomic E-state index is 0.0797. The van der Waals surface area contributed by atoms with Crippen molar-refractivity contribution in [3.05, 3.63) is 0 Å². The lowest BCUT2D eigenvalue weighted by Gasteiger charge is -2.38. The number of amides is 1. The zero-order valence-corrected chi connectivity index (χ0v) is 8.57. The molecule has 2 rings (SSSR count). The van der Waals surface area contributed by atoms with Gasteiger partial charge in [0.15, 0.2) is 0 Å². The summed E-state index contributed by atoms with van der Waals surface area (Å²) in [5, 5.41) is 12.0. The summed E-state index contributed by atoms with van der Waals surface area (Å²) in [4.78, 5) is 14.0. The Hall–Kier alpha value is -0.610. The van der Waals surface area contributed by atoms with Crippen molar-refractivity contribution >= 4 is 5.91 Å². The van der Waals surface area contributed by atoms with Crippen LogP contribution in [0.25, 0.3) is 0 Å². The van der Waals surface area contributed by atoms with Crippen LogP contribution in [-0.4, -0.2) is 47.2 Å². The van der Waals surface area contributed by atoms with Crippen molar-refractivity contribution in [2.45, 2.75) is 44.3 Å². The van der Waals surface area contributed by atoms with E-state index in [1.807, 2.05) is 4.90 Å². The monoisotopic (exact) mass is 198 g/mol. The van der Waals surface area contributed by atoms with E-state index in [1.165, 1.54) is 0 Å². The van der Waals surface area contributed by atoms with E-state index in [0.29, 0.717) is 18.5 Å². The number of nitrogens with one attached hydrogen (secondary N) is 1. The molecule has 1 amide bonds. The molecule has 4 heteroatoms. The highest BCUT2D eigenvalue weighted by molar-refractivity contribution is 5.83. The summed E-state index contributed by atoms with van der Waals surface area (Å²) < 4.78 is 0. The molecule has 1 saturated heterocycles. The summed E-state index contributed by atoms with van der Waals surface area (Å²) in [6, 6.07) is 0.641. The van der Waals surface area contributed by atoms with Crippen molar-refractivity contribution in [3.8, 4) is 0 Å². The third kappa shape index (κ3) is 1.77. The highest BCUT2D eigenvalue weighted by atomic mass is 16.3. The van der Waals surface area contributed by atoms with E-state index in [0.717, 1.165) is 19.4 Å². The highest BCUT2D eigenvalue weighted by Crippen LogP contribution is 2.30. The number of piperazine rings is 1. The number of rotatable bonds is 3. The Morgan fingerprint density at radius 3 is 2.86 bits per heavy atom. The fourth-order valence-electron chi connectivity index (χ4n) is 2.14. The molecule has 1 aliphatic heterocycles. The topological polar surface area (TPSA) is 52.6 Å². The molecule has 0 aromatic heterocycles. The molecule has 0 aromatic rings. The van der Waals surface area contributed by atoms with Crippen molar-refractivity contribution in [3.63, 3.8) is 0 Å². The van der Waals surface area contributed by atoms with E-state index in [2.05, 4.69) is 12.2 Å². The van der Waals surface area contributed by atoms with Crippen molar-refractivity contribution in [1.82, 2.24) is 10.2 Å². The second-order valence-electron chi connectivity index (χ2n) is 4.30. The summed E-state index contributed by atoms with van der Waals surface area (Å²) in [7, 11) is 0. The van der Waals surface area contributed by atoms with E-state index < -0.39 is 0 Å². The van der Waals surface area contributed by atoms with Gasteiger partial charge in [-0.05, 0) is 26.2 Å². The van der Waals surface area contributed by atoms with Gasteiger partial charge < -0.3 is 15.3 Å². The number of nitrogens with zero attached hydrogens (tertiary/aromatic N) is 1. The second-order valence-corrected chi connectivity index (χ2v) is 4.30. The van der Waals surface area contributed by atoms with Crippen LogP contribution in [0.4, 0.5) is 0 Å². The van der Waals surface area contributed by atoms with E-state index in [4.69, 9.17) is 5.11 Å². The summed E-state index contributed by atoms with van der Waals surface area (Å²) >= 11 is 0. The van der Waals surface area contributed by atoms with Gasteiger partial charge in [0.1, 0.15) is 0 Å². The average molecular weight is 198 g/mol. The van der Waals surface area contributed by atoms with Crippen molar-refractivity contribution in [2.75, 3.05) is 13.2 Å². The van der Waals surface area contributed by atoms with Gasteiger partial charge in [0.2, 0.25) is 5.91 Å². The van der Waals surface area contributed by atoms with Gasteiger partial charge >= 0.3 is 0 Å². The van der Waals surface area contributed by atoms with Gasteiger partial charge in [0.05, 0.1) is 6.04 Å². The molecule has 0 aromatic carbocycles. The van der Waals surface area contributed by atoms with Crippen LogP contribution in [0, 0.1) is 0 Å². The molecular weight excluding hydrogens is 180 g/mol. The Morgan fingerprint density at radius 1 is 1.57 bits per heavy atom. The zero-order chi connectivity index (χ0) is 10.1. The molecule has 1 aliphatic carbocycles. The van der Waals surface area contributed by atoms with E-state index in [1.54, 1.807) is 0 Å². The van der Waals surface area contributed by atoms with E-state index in [9.17, 15) is 4.79 Å². The Morgan fingerprint density at radius 2 is 2.29 bits per heavy atom. The lowest BCUT2D eigenvalue weighted by molar-refractivity contribution is -0.139. The molecule has 0 bridgehead atoms. The third-order valence-electron chi connectivity index (χ3n) is 3.05. The number of aliphatic hydroxyl groups is 1. The molecule has 1 saturated carbocycles. The molecule has 0 radical (unpaired) electrons. The minimum atomic E-state index is -0.156. The number of aliphatic hydroxyl groups excluding tert-OH is 1. The largest absolute Gasteiger partial charge is 0.396 e. The molecular formula is C10H18N2O2. The van der Waals surface area contributed by atoms with Crippen LogP contribution < -0.4 is 5.32 Å². The zero-order valence-electron chi connectivity index (χ0n) is 8.57. The van der Waals surface area contributed by atoms with Gasteiger partial charge in [0, 0.05) is 25.2 Å². The third-order valence-corrected chi connectivity index (χ3v) is 3.05. The standard InChI is InChI=1S/C10H18N2O2/c1-7-6-11-9(4-5-13)10(14)12(7)8-2-3-8/h7-9,11,13H,2-6H2,1H3. The maximum absolute atomic E-state index is 12.0. The Labute approximate surface area is 84.3 Å². The second kappa shape index (κ2) is 3.87. The maximum Gasteiger partial charge on any atom is 0.240 e. The van der Waals surface area contributed by atoms with Crippen LogP contribution in [0.2, 0.25) is 0 Å². The van der Waals surface area contributed by atoms with Crippen LogP contribution in [0.15, 0.2) is 0 Å². The first-order chi connectivity index (χ1) is 6.74. The molecule has 2 N–H and O–H groups in total. The number of carbonyl (C=O) groups is 1. The molecule has 2 atom stereocenters. The summed E-state index contributed by atoms with van der Waals surface area (Å²) in [5.41, 5.74) is 0. The molecule has 1 heterocycles. The summed E-state index contributed by atoms with van der Waals surface area (Å²) in [6.07, 6.45) is 2.85. The quantitative estimate of drug-likeness (QED) is 0.656. The lowest BCUT2D eigenvalue weighted by Crippen LogP contribution is -2.60. The van der Waals surface area contributed by atoms with Gasteiger partial charge in [-0.3, -0.25) is 4.79 Å². The highest BCUT2D eigenvalue weighted by Gasteiger charge is 2.40. The number of hydrogen-bond donors (Lipinski definition) is 2. The fraction of sp³-hybridized carbons (Fsp3) is 0.900. The SMILES string of the molecule is CC1CNC(CCO)C(=O)N1C1CC1. The minimum Gasteiger partial charge on any atom is -0.396 e. The number of hydrogen-bond acceptors (Lipinski definition) is 3. The fourth-order valence-corrected chi connectivity index (χ4v) is 2.14. The Balaban J connectivity index is 2.01. The molecule has 2 fully saturated rings.